The molecule has 2 rings (SSSR count). The van der Waals surface area contributed by atoms with Crippen LogP contribution in [0.1, 0.15) is 24.8 Å². The Labute approximate surface area is 98.5 Å². The van der Waals surface area contributed by atoms with Crippen LogP contribution in [0.3, 0.4) is 0 Å². The molecule has 1 aromatic heterocycles. The lowest BCUT2D eigenvalue weighted by atomic mass is 10.2. The van der Waals surface area contributed by atoms with Gasteiger partial charge in [-0.3, -0.25) is 0 Å². The molecule has 0 radical (unpaired) electrons. The topological polar surface area (TPSA) is 16.1 Å². The molecule has 0 atom stereocenters. The SMILES string of the molecule is CN(CCC1CC1)c1ccc(C(F)(F)F)cn1. The molecule has 17 heavy (non-hydrogen) atoms. The largest absolute Gasteiger partial charge is 0.417 e. The van der Waals surface area contributed by atoms with Gasteiger partial charge in [0.2, 0.25) is 0 Å². The third kappa shape index (κ3) is 3.35. The smallest absolute Gasteiger partial charge is 0.360 e. The van der Waals surface area contributed by atoms with E-state index in [2.05, 4.69) is 4.98 Å². The zero-order valence-electron chi connectivity index (χ0n) is 9.67. The van der Waals surface area contributed by atoms with Crippen LogP contribution in [-0.4, -0.2) is 18.6 Å². The Morgan fingerprint density at radius 2 is 2.06 bits per heavy atom. The van der Waals surface area contributed by atoms with Gasteiger partial charge in [-0.15, -0.1) is 0 Å². The first-order chi connectivity index (χ1) is 7.97. The van der Waals surface area contributed by atoms with E-state index in [0.29, 0.717) is 5.82 Å². The van der Waals surface area contributed by atoms with Crippen molar-refractivity contribution in [1.82, 2.24) is 4.98 Å². The average Bonchev–Trinajstić information content (AvgIpc) is 3.09. The number of nitrogens with zero attached hydrogens (tertiary/aromatic N) is 2. The Balaban J connectivity index is 1.96. The third-order valence-corrected chi connectivity index (χ3v) is 3.04. The summed E-state index contributed by atoms with van der Waals surface area (Å²) in [6, 6.07) is 2.51. The Hall–Kier alpha value is -1.26. The van der Waals surface area contributed by atoms with Crippen LogP contribution in [0, 0.1) is 5.92 Å². The van der Waals surface area contributed by atoms with E-state index in [1.807, 2.05) is 11.9 Å². The van der Waals surface area contributed by atoms with Crippen molar-refractivity contribution in [3.63, 3.8) is 0 Å². The first kappa shape index (κ1) is 12.2. The molecule has 0 bridgehead atoms. The van der Waals surface area contributed by atoms with Crippen molar-refractivity contribution in [2.24, 2.45) is 5.92 Å². The van der Waals surface area contributed by atoms with Crippen LogP contribution in [0.25, 0.3) is 0 Å². The van der Waals surface area contributed by atoms with E-state index >= 15 is 0 Å². The maximum atomic E-state index is 12.3. The van der Waals surface area contributed by atoms with Gasteiger partial charge >= 0.3 is 6.18 Å². The molecule has 0 aromatic carbocycles. The number of pyridine rings is 1. The molecular formula is C12H15F3N2. The molecule has 94 valence electrons. The van der Waals surface area contributed by atoms with Gasteiger partial charge in [0.15, 0.2) is 0 Å². The van der Waals surface area contributed by atoms with Crippen LogP contribution < -0.4 is 4.90 Å². The first-order valence-corrected chi connectivity index (χ1v) is 5.71. The maximum Gasteiger partial charge on any atom is 0.417 e. The maximum absolute atomic E-state index is 12.3. The second-order valence-electron chi connectivity index (χ2n) is 4.56. The van der Waals surface area contributed by atoms with E-state index in [9.17, 15) is 13.2 Å². The van der Waals surface area contributed by atoms with Gasteiger partial charge in [0.25, 0.3) is 0 Å². The molecule has 0 N–H and O–H groups in total. The van der Waals surface area contributed by atoms with Gasteiger partial charge in [-0.05, 0) is 24.5 Å². The van der Waals surface area contributed by atoms with Gasteiger partial charge in [-0.1, -0.05) is 12.8 Å². The van der Waals surface area contributed by atoms with Crippen molar-refractivity contribution in [2.45, 2.75) is 25.4 Å². The van der Waals surface area contributed by atoms with Crippen LogP contribution in [0.4, 0.5) is 19.0 Å². The highest BCUT2D eigenvalue weighted by Gasteiger charge is 2.30. The highest BCUT2D eigenvalue weighted by atomic mass is 19.4. The Morgan fingerprint density at radius 1 is 1.35 bits per heavy atom. The highest BCUT2D eigenvalue weighted by molar-refractivity contribution is 5.38. The number of hydrogen-bond donors (Lipinski definition) is 0. The van der Waals surface area contributed by atoms with Crippen LogP contribution in [0.2, 0.25) is 0 Å². The van der Waals surface area contributed by atoms with Gasteiger partial charge in [0.1, 0.15) is 5.82 Å². The summed E-state index contributed by atoms with van der Waals surface area (Å²) in [6.45, 7) is 0.850. The van der Waals surface area contributed by atoms with Crippen molar-refractivity contribution in [1.29, 1.82) is 0 Å². The van der Waals surface area contributed by atoms with Crippen LogP contribution in [0.15, 0.2) is 18.3 Å². The third-order valence-electron chi connectivity index (χ3n) is 3.04. The quantitative estimate of drug-likeness (QED) is 0.807. The fourth-order valence-corrected chi connectivity index (χ4v) is 1.68. The number of alkyl halides is 3. The average molecular weight is 244 g/mol. The molecule has 1 saturated carbocycles. The number of halogens is 3. The molecule has 1 heterocycles. The molecule has 5 heteroatoms. The molecule has 2 nitrogen and oxygen atoms in total. The highest BCUT2D eigenvalue weighted by Crippen LogP contribution is 2.33. The summed E-state index contributed by atoms with van der Waals surface area (Å²) in [5.41, 5.74) is -0.697. The van der Waals surface area contributed by atoms with Crippen LogP contribution >= 0.6 is 0 Å². The zero-order valence-corrected chi connectivity index (χ0v) is 9.67. The van der Waals surface area contributed by atoms with Crippen molar-refractivity contribution >= 4 is 5.82 Å². The minimum atomic E-state index is -4.31. The number of aromatic nitrogens is 1. The monoisotopic (exact) mass is 244 g/mol. The molecule has 1 aliphatic carbocycles. The lowest BCUT2D eigenvalue weighted by molar-refractivity contribution is -0.137. The molecule has 0 amide bonds. The second kappa shape index (κ2) is 4.55. The standard InChI is InChI=1S/C12H15F3N2/c1-17(7-6-9-2-3-9)11-5-4-10(8-16-11)12(13,14)15/h4-5,8-9H,2-3,6-7H2,1H3. The van der Waals surface area contributed by atoms with Crippen molar-refractivity contribution in [2.75, 3.05) is 18.5 Å². The Morgan fingerprint density at radius 3 is 2.53 bits per heavy atom. The fraction of sp³-hybridized carbons (Fsp3) is 0.583. The molecule has 0 spiro atoms. The summed E-state index contributed by atoms with van der Waals surface area (Å²) in [6.07, 6.45) is 0.253. The van der Waals surface area contributed by atoms with Crippen molar-refractivity contribution < 1.29 is 13.2 Å². The normalized spacial score (nSPS) is 16.0. The van der Waals surface area contributed by atoms with Gasteiger partial charge in [0, 0.05) is 19.8 Å². The predicted octanol–water partition coefficient (Wildman–Crippen LogP) is 3.34. The van der Waals surface area contributed by atoms with Gasteiger partial charge in [-0.25, -0.2) is 4.98 Å². The molecule has 1 aliphatic rings. The minimum Gasteiger partial charge on any atom is -0.360 e. The van der Waals surface area contributed by atoms with E-state index in [1.165, 1.54) is 18.9 Å². The van der Waals surface area contributed by atoms with E-state index in [1.54, 1.807) is 0 Å². The second-order valence-corrected chi connectivity index (χ2v) is 4.56. The lowest BCUT2D eigenvalue weighted by Crippen LogP contribution is -2.20. The Kier molecular flexibility index (Phi) is 3.26. The summed E-state index contributed by atoms with van der Waals surface area (Å²) < 4.78 is 37.0. The summed E-state index contributed by atoms with van der Waals surface area (Å²) in [5.74, 6) is 1.41. The molecule has 1 aromatic rings. The summed E-state index contributed by atoms with van der Waals surface area (Å²) in [7, 11) is 1.86. The van der Waals surface area contributed by atoms with E-state index in [-0.39, 0.29) is 0 Å². The molecule has 0 saturated heterocycles. The molecule has 1 fully saturated rings. The molecule has 0 unspecified atom stereocenters. The Bertz CT molecular complexity index is 368. The van der Waals surface area contributed by atoms with E-state index in [4.69, 9.17) is 0 Å². The summed E-state index contributed by atoms with van der Waals surface area (Å²) >= 11 is 0. The summed E-state index contributed by atoms with van der Waals surface area (Å²) in [4.78, 5) is 5.75. The lowest BCUT2D eigenvalue weighted by Gasteiger charge is -2.18. The number of rotatable bonds is 4. The van der Waals surface area contributed by atoms with Gasteiger partial charge in [0.05, 0.1) is 5.56 Å². The zero-order chi connectivity index (χ0) is 12.5. The van der Waals surface area contributed by atoms with Crippen LogP contribution in [0.5, 0.6) is 0 Å². The van der Waals surface area contributed by atoms with Gasteiger partial charge < -0.3 is 4.90 Å². The molecular weight excluding hydrogens is 229 g/mol. The number of hydrogen-bond acceptors (Lipinski definition) is 2. The van der Waals surface area contributed by atoms with Crippen molar-refractivity contribution in [3.05, 3.63) is 23.9 Å². The van der Waals surface area contributed by atoms with E-state index < -0.39 is 11.7 Å². The van der Waals surface area contributed by atoms with E-state index in [0.717, 1.165) is 31.1 Å². The van der Waals surface area contributed by atoms with Crippen molar-refractivity contribution in [3.8, 4) is 0 Å². The number of anilines is 1. The molecule has 0 aliphatic heterocycles. The summed E-state index contributed by atoms with van der Waals surface area (Å²) in [5, 5.41) is 0. The van der Waals surface area contributed by atoms with Crippen LogP contribution in [-0.2, 0) is 6.18 Å². The fourth-order valence-electron chi connectivity index (χ4n) is 1.68. The predicted molar refractivity (Wildman–Crippen MR) is 59.9 cm³/mol. The minimum absolute atomic E-state index is 0.596. The van der Waals surface area contributed by atoms with Gasteiger partial charge in [-0.2, -0.15) is 13.2 Å². The first-order valence-electron chi connectivity index (χ1n) is 5.71.